The van der Waals surface area contributed by atoms with Crippen molar-refractivity contribution in [3.05, 3.63) is 24.3 Å². The second-order valence-corrected chi connectivity index (χ2v) is 6.94. The van der Waals surface area contributed by atoms with Gasteiger partial charge in [0.15, 0.2) is 0 Å². The van der Waals surface area contributed by atoms with E-state index >= 15 is 0 Å². The first-order valence-electron chi connectivity index (χ1n) is 6.81. The van der Waals surface area contributed by atoms with Gasteiger partial charge in [0, 0.05) is 19.1 Å². The molecule has 0 fully saturated rings. The van der Waals surface area contributed by atoms with Gasteiger partial charge in [0.25, 0.3) is 10.0 Å². The molecule has 1 aromatic carbocycles. The second-order valence-electron chi connectivity index (χ2n) is 5.34. The first-order chi connectivity index (χ1) is 9.42. The molecule has 1 aliphatic heterocycles. The molecular formula is C14H21N3O2S. The van der Waals surface area contributed by atoms with Crippen LogP contribution in [0, 0.1) is 5.92 Å². The lowest BCUT2D eigenvalue weighted by molar-refractivity contribution is 0.432. The van der Waals surface area contributed by atoms with Gasteiger partial charge in [-0.25, -0.2) is 0 Å². The second kappa shape index (κ2) is 5.93. The minimum atomic E-state index is -3.52. The molecule has 0 bridgehead atoms. The van der Waals surface area contributed by atoms with Crippen LogP contribution in [0.5, 0.6) is 0 Å². The molecule has 5 nitrogen and oxygen atoms in total. The average molecular weight is 295 g/mol. The third kappa shape index (κ3) is 3.19. The van der Waals surface area contributed by atoms with Crippen molar-refractivity contribution in [1.29, 1.82) is 0 Å². The Labute approximate surface area is 120 Å². The lowest BCUT2D eigenvalue weighted by Crippen LogP contribution is -2.39. The molecule has 1 aliphatic rings. The maximum Gasteiger partial charge on any atom is 0.285 e. The van der Waals surface area contributed by atoms with E-state index in [-0.39, 0.29) is 4.90 Å². The van der Waals surface area contributed by atoms with Gasteiger partial charge in [-0.05, 0) is 25.0 Å². The van der Waals surface area contributed by atoms with E-state index in [9.17, 15) is 8.42 Å². The van der Waals surface area contributed by atoms with Gasteiger partial charge in [0.1, 0.15) is 11.2 Å². The topological polar surface area (TPSA) is 61.8 Å². The zero-order valence-corrected chi connectivity index (χ0v) is 12.9. The van der Waals surface area contributed by atoms with Gasteiger partial charge in [0.2, 0.25) is 0 Å². The first-order valence-corrected chi connectivity index (χ1v) is 8.25. The van der Waals surface area contributed by atoms with Gasteiger partial charge >= 0.3 is 0 Å². The van der Waals surface area contributed by atoms with Crippen molar-refractivity contribution >= 4 is 22.0 Å². The molecule has 1 atom stereocenters. The van der Waals surface area contributed by atoms with Gasteiger partial charge in [-0.15, -0.1) is 4.40 Å². The number of sulfonamides is 1. The van der Waals surface area contributed by atoms with Gasteiger partial charge < -0.3 is 10.2 Å². The predicted molar refractivity (Wildman–Crippen MR) is 81.8 cm³/mol. The lowest BCUT2D eigenvalue weighted by Gasteiger charge is -2.26. The molecule has 0 aromatic heterocycles. The molecule has 0 saturated heterocycles. The van der Waals surface area contributed by atoms with E-state index in [1.54, 1.807) is 12.1 Å². The number of anilines is 1. The van der Waals surface area contributed by atoms with Crippen LogP contribution >= 0.6 is 0 Å². The zero-order chi connectivity index (χ0) is 14.8. The SMILES string of the molecule is CC(C)C(C)NCCN1C=NS(=O)(=O)c2ccccc21. The molecule has 0 spiro atoms. The largest absolute Gasteiger partial charge is 0.329 e. The van der Waals surface area contributed by atoms with Crippen LogP contribution in [0.25, 0.3) is 0 Å². The fourth-order valence-electron chi connectivity index (χ4n) is 1.98. The highest BCUT2D eigenvalue weighted by Crippen LogP contribution is 2.28. The molecule has 6 heteroatoms. The molecule has 1 unspecified atom stereocenters. The highest BCUT2D eigenvalue weighted by atomic mass is 32.2. The number of rotatable bonds is 5. The van der Waals surface area contributed by atoms with Crippen molar-refractivity contribution in [2.75, 3.05) is 18.0 Å². The number of hydrogen-bond donors (Lipinski definition) is 1. The van der Waals surface area contributed by atoms with Crippen molar-refractivity contribution in [2.24, 2.45) is 10.3 Å². The van der Waals surface area contributed by atoms with Crippen molar-refractivity contribution < 1.29 is 8.42 Å². The van der Waals surface area contributed by atoms with Crippen LogP contribution in [0.4, 0.5) is 5.69 Å². The Morgan fingerprint density at radius 2 is 1.95 bits per heavy atom. The maximum absolute atomic E-state index is 11.8. The summed E-state index contributed by atoms with van der Waals surface area (Å²) in [6, 6.07) is 7.39. The summed E-state index contributed by atoms with van der Waals surface area (Å²) in [6.45, 7) is 7.95. The standard InChI is InChI=1S/C14H21N3O2S/c1-11(2)12(3)15-8-9-17-10-16-20(18,19)14-7-5-4-6-13(14)17/h4-7,10-12,15H,8-9H2,1-3H3. The quantitative estimate of drug-likeness (QED) is 0.900. The van der Waals surface area contributed by atoms with Gasteiger partial charge in [-0.1, -0.05) is 26.0 Å². The van der Waals surface area contributed by atoms with E-state index in [0.717, 1.165) is 6.54 Å². The molecule has 1 N–H and O–H groups in total. The molecular weight excluding hydrogens is 274 g/mol. The molecule has 1 aromatic rings. The fraction of sp³-hybridized carbons (Fsp3) is 0.500. The number of nitrogens with zero attached hydrogens (tertiary/aromatic N) is 2. The van der Waals surface area contributed by atoms with Gasteiger partial charge in [-0.2, -0.15) is 8.42 Å². The summed E-state index contributed by atoms with van der Waals surface area (Å²) in [4.78, 5) is 2.15. The normalized spacial score (nSPS) is 18.1. The molecule has 2 rings (SSSR count). The third-order valence-corrected chi connectivity index (χ3v) is 4.87. The summed E-state index contributed by atoms with van der Waals surface area (Å²) in [6.07, 6.45) is 1.40. The van der Waals surface area contributed by atoms with Crippen LogP contribution in [0.3, 0.4) is 0 Å². The Morgan fingerprint density at radius 3 is 2.65 bits per heavy atom. The van der Waals surface area contributed by atoms with Crippen LogP contribution in [0.1, 0.15) is 20.8 Å². The van der Waals surface area contributed by atoms with Crippen molar-refractivity contribution in [3.63, 3.8) is 0 Å². The van der Waals surface area contributed by atoms with Gasteiger partial charge in [-0.3, -0.25) is 0 Å². The molecule has 0 amide bonds. The van der Waals surface area contributed by atoms with Crippen LogP contribution in [0.15, 0.2) is 33.6 Å². The van der Waals surface area contributed by atoms with Crippen molar-refractivity contribution in [2.45, 2.75) is 31.7 Å². The Morgan fingerprint density at radius 1 is 1.25 bits per heavy atom. The van der Waals surface area contributed by atoms with E-state index in [1.165, 1.54) is 6.34 Å². The van der Waals surface area contributed by atoms with E-state index in [2.05, 4.69) is 30.5 Å². The van der Waals surface area contributed by atoms with E-state index in [1.807, 2.05) is 17.0 Å². The third-order valence-electron chi connectivity index (χ3n) is 3.60. The average Bonchev–Trinajstić information content (AvgIpc) is 2.41. The summed E-state index contributed by atoms with van der Waals surface area (Å²) in [5.74, 6) is 0.567. The molecule has 20 heavy (non-hydrogen) atoms. The summed E-state index contributed by atoms with van der Waals surface area (Å²) in [7, 11) is -3.52. The molecule has 1 heterocycles. The van der Waals surface area contributed by atoms with Crippen molar-refractivity contribution in [3.8, 4) is 0 Å². The summed E-state index contributed by atoms with van der Waals surface area (Å²) >= 11 is 0. The minimum absolute atomic E-state index is 0.277. The molecule has 0 radical (unpaired) electrons. The number of para-hydroxylation sites is 1. The monoisotopic (exact) mass is 295 g/mol. The number of benzene rings is 1. The summed E-state index contributed by atoms with van der Waals surface area (Å²) < 4.78 is 27.4. The summed E-state index contributed by atoms with van der Waals surface area (Å²) in [5, 5.41) is 3.43. The highest BCUT2D eigenvalue weighted by Gasteiger charge is 2.24. The number of fused-ring (bicyclic) bond motifs is 1. The van der Waals surface area contributed by atoms with E-state index < -0.39 is 10.0 Å². The van der Waals surface area contributed by atoms with Crippen LogP contribution in [-0.4, -0.2) is 33.9 Å². The predicted octanol–water partition coefficient (Wildman–Crippen LogP) is 1.86. The van der Waals surface area contributed by atoms with E-state index in [4.69, 9.17) is 0 Å². The fourth-order valence-corrected chi connectivity index (χ4v) is 3.03. The minimum Gasteiger partial charge on any atom is -0.329 e. The zero-order valence-electron chi connectivity index (χ0n) is 12.1. The highest BCUT2D eigenvalue weighted by molar-refractivity contribution is 7.90. The van der Waals surface area contributed by atoms with Crippen molar-refractivity contribution in [1.82, 2.24) is 5.32 Å². The number of hydrogen-bond acceptors (Lipinski definition) is 4. The van der Waals surface area contributed by atoms with E-state index in [0.29, 0.717) is 24.2 Å². The number of nitrogens with one attached hydrogen (secondary N) is 1. The van der Waals surface area contributed by atoms with Crippen LogP contribution in [0.2, 0.25) is 0 Å². The Bertz CT molecular complexity index is 596. The Balaban J connectivity index is 2.08. The first kappa shape index (κ1) is 15.0. The van der Waals surface area contributed by atoms with Gasteiger partial charge in [0.05, 0.1) is 5.69 Å². The summed E-state index contributed by atoms with van der Waals surface area (Å²) in [5.41, 5.74) is 0.696. The van der Waals surface area contributed by atoms with Crippen LogP contribution in [-0.2, 0) is 10.0 Å². The maximum atomic E-state index is 11.8. The van der Waals surface area contributed by atoms with Crippen LogP contribution < -0.4 is 10.2 Å². The Hall–Kier alpha value is -1.40. The lowest BCUT2D eigenvalue weighted by atomic mass is 10.1. The smallest absolute Gasteiger partial charge is 0.285 e. The molecule has 0 aliphatic carbocycles. The molecule has 0 saturated carbocycles. The Kier molecular flexibility index (Phi) is 4.45. The molecule has 110 valence electrons.